The van der Waals surface area contributed by atoms with Crippen molar-refractivity contribution in [3.05, 3.63) is 446 Å². The summed E-state index contributed by atoms with van der Waals surface area (Å²) >= 11 is 6.87. The van der Waals surface area contributed by atoms with Gasteiger partial charge >= 0.3 is 21.1 Å². The van der Waals surface area contributed by atoms with Gasteiger partial charge in [0, 0.05) is 68.5 Å². The van der Waals surface area contributed by atoms with Crippen LogP contribution in [0.5, 0.6) is 0 Å². The third-order valence-electron chi connectivity index (χ3n) is 28.2. The van der Waals surface area contributed by atoms with Gasteiger partial charge in [-0.15, -0.1) is 0 Å². The molecule has 3 fully saturated rings. The number of aldehydes is 3. The van der Waals surface area contributed by atoms with E-state index in [-0.39, 0.29) is 69.7 Å². The highest BCUT2D eigenvalue weighted by Crippen LogP contribution is 2.50. The maximum atomic E-state index is 12.5. The summed E-state index contributed by atoms with van der Waals surface area (Å²) < 4.78 is 44.3. The second kappa shape index (κ2) is 47.9. The number of aromatic nitrogens is 8. The number of amides is 1. The van der Waals surface area contributed by atoms with Crippen LogP contribution in [0.4, 0.5) is 5.69 Å². The van der Waals surface area contributed by atoms with Crippen LogP contribution in [0.25, 0.3) is 43.8 Å². The number of nitrogens with one attached hydrogen (secondary N) is 1. The Hall–Kier alpha value is -13.6. The number of Topliss-reactive ketones (excluding diaryl/α,β-unsaturated/α-hetero) is 1. The number of hydrogen-bond acceptors (Lipinski definition) is 16. The quantitative estimate of drug-likeness (QED) is 0.0318. The van der Waals surface area contributed by atoms with Crippen molar-refractivity contribution in [2.24, 2.45) is 11.8 Å². The fourth-order valence-corrected chi connectivity index (χ4v) is 19.8. The smallest absolute Gasteiger partial charge is 0.405 e. The van der Waals surface area contributed by atoms with Crippen LogP contribution in [0.15, 0.2) is 373 Å². The SMILES string of the molecule is C.C.C.C.CC(C)CC(=O)Cc1cncc(Br)c1.CC(C)CC(=O)Nc1cncc(-c2ccc3c(c2)c(C=O)nn3C(c2ccccc2)(c2ccccc2)c2ccccc2)c1.CC1(C)OB(B2OC(C)(C)C(C)(C)O2)OC1(C)C.CC1(C)OB(c2ccc3c(c2)c(C=O)nn3C(c2ccccc2)(c2ccccc2)c2ccccc2)OC1(C)C.O=Cc1nn(C(c2ccccc2)(c2ccccc2)c2ccccc2)c2ccc(Br)cc12. The Kier molecular flexibility index (Phi) is 36.7. The minimum atomic E-state index is -0.854. The number of pyridine rings is 2. The van der Waals surface area contributed by atoms with E-state index < -0.39 is 49.0 Å². The first-order valence-electron chi connectivity index (χ1n) is 49.0. The van der Waals surface area contributed by atoms with Gasteiger partial charge in [0.15, 0.2) is 18.9 Å². The van der Waals surface area contributed by atoms with Crippen LogP contribution in [-0.2, 0) is 60.6 Å². The molecular weight excluding hydrogens is 1980 g/mol. The summed E-state index contributed by atoms with van der Waals surface area (Å²) in [5.41, 5.74) is 12.4. The summed E-state index contributed by atoms with van der Waals surface area (Å²) in [5, 5.41) is 20.1. The summed E-state index contributed by atoms with van der Waals surface area (Å²) in [6.07, 6.45) is 10.9. The zero-order valence-corrected chi connectivity index (χ0v) is 87.9. The average Bonchev–Trinajstić information content (AvgIpc) is 1.60. The predicted octanol–water partition coefficient (Wildman–Crippen LogP) is 28.0. The number of halogens is 2. The summed E-state index contributed by atoms with van der Waals surface area (Å²) in [6, 6.07) is 115. The zero-order valence-electron chi connectivity index (χ0n) is 84.7. The first-order chi connectivity index (χ1) is 69.5. The Morgan fingerprint density at radius 2 is 0.631 bits per heavy atom. The van der Waals surface area contributed by atoms with Crippen molar-refractivity contribution in [2.45, 2.75) is 210 Å². The van der Waals surface area contributed by atoms with Gasteiger partial charge in [-0.25, -0.2) is 14.0 Å². The molecule has 5 aromatic heterocycles. The molecule has 149 heavy (non-hydrogen) atoms. The summed E-state index contributed by atoms with van der Waals surface area (Å²) in [4.78, 5) is 69.3. The van der Waals surface area contributed by atoms with Gasteiger partial charge < -0.3 is 33.2 Å². The van der Waals surface area contributed by atoms with Gasteiger partial charge in [0.05, 0.1) is 62.0 Å². The van der Waals surface area contributed by atoms with Crippen LogP contribution < -0.4 is 10.8 Å². The minimum Gasteiger partial charge on any atom is -0.405 e. The maximum Gasteiger partial charge on any atom is 0.494 e. The largest absolute Gasteiger partial charge is 0.494 e. The van der Waals surface area contributed by atoms with Gasteiger partial charge in [-0.3, -0.25) is 33.9 Å². The number of nitrogens with zero attached hydrogens (tertiary/aromatic N) is 8. The number of fused-ring (bicyclic) bond motifs is 3. The van der Waals surface area contributed by atoms with E-state index in [0.29, 0.717) is 47.9 Å². The van der Waals surface area contributed by atoms with Crippen molar-refractivity contribution in [3.63, 3.8) is 0 Å². The van der Waals surface area contributed by atoms with Crippen LogP contribution in [0, 0.1) is 11.8 Å². The number of hydrogen-bond donors (Lipinski definition) is 1. The number of anilines is 1. The number of benzene rings is 12. The lowest BCUT2D eigenvalue weighted by Crippen LogP contribution is -2.41. The van der Waals surface area contributed by atoms with E-state index in [1.54, 1.807) is 24.8 Å². The maximum absolute atomic E-state index is 12.5. The first-order valence-corrected chi connectivity index (χ1v) is 50.6. The van der Waals surface area contributed by atoms with Gasteiger partial charge in [-0.05, 0) is 226 Å². The Labute approximate surface area is 896 Å². The highest BCUT2D eigenvalue weighted by molar-refractivity contribution is 9.10. The van der Waals surface area contributed by atoms with Crippen molar-refractivity contribution < 1.29 is 51.9 Å². The molecule has 8 heterocycles. The fraction of sp³-hybridized carbons (Fsp3) is 0.274. The molecule has 0 spiro atoms. The summed E-state index contributed by atoms with van der Waals surface area (Å²) in [6.45, 7) is 32.5. The predicted molar refractivity (Wildman–Crippen MR) is 613 cm³/mol. The van der Waals surface area contributed by atoms with E-state index in [1.165, 1.54) is 0 Å². The molecule has 0 aliphatic carbocycles. The van der Waals surface area contributed by atoms with E-state index in [0.717, 1.165) is 133 Å². The third kappa shape index (κ3) is 23.5. The number of carbonyl (C=O) groups is 5. The highest BCUT2D eigenvalue weighted by atomic mass is 79.9. The molecule has 3 aliphatic heterocycles. The van der Waals surface area contributed by atoms with Crippen LogP contribution in [-0.4, -0.2) is 125 Å². The van der Waals surface area contributed by atoms with Gasteiger partial charge in [-0.2, -0.15) is 15.3 Å². The van der Waals surface area contributed by atoms with E-state index in [2.05, 4.69) is 170 Å². The molecule has 20 nitrogen and oxygen atoms in total. The zero-order chi connectivity index (χ0) is 103. The van der Waals surface area contributed by atoms with Crippen LogP contribution >= 0.6 is 31.9 Å². The monoisotopic (exact) mass is 2120 g/mol. The van der Waals surface area contributed by atoms with Crippen molar-refractivity contribution in [1.82, 2.24) is 39.3 Å². The normalized spacial score (nSPS) is 14.9. The fourth-order valence-electron chi connectivity index (χ4n) is 19.0. The Morgan fingerprint density at radius 1 is 0.336 bits per heavy atom. The average molecular weight is 2120 g/mol. The van der Waals surface area contributed by atoms with E-state index in [4.69, 9.17) is 43.2 Å². The molecule has 1 amide bonds. The van der Waals surface area contributed by atoms with Crippen molar-refractivity contribution in [2.75, 3.05) is 5.32 Å². The first kappa shape index (κ1) is 114. The molecule has 3 saturated heterocycles. The molecule has 766 valence electrons. The van der Waals surface area contributed by atoms with Crippen LogP contribution in [0.3, 0.4) is 0 Å². The Bertz CT molecular complexity index is 7020. The second-order valence-corrected chi connectivity index (χ2v) is 42.4. The standard InChI is InChI=1S/C37H32N4O2.C33H31BN2O3.C27H19BrN2O.C12H24B2O4.C11H14BrNO.4CH4/c1-26(2)20-36(43)39-32-21-28(23-38-24-32)27-18-19-35-33(22-27)34(25-42)40-41(35)37(29-12-6-3-7-13-29,30-14-8-4-9-15-30)31-16-10-5-11-17-31;1-31(2)32(3,4)39-34(38-31)27-20-21-30-28(22-27)29(23-37)35-36(30)33(24-14-8-5-9-15-24,25-16-10-6-11-17-25)26-18-12-7-13-19-26;28-23-16-17-26-24(18-23)25(19-31)29-30(26)27(20-10-4-1-5-11-20,21-12-6-2-7-13-21)22-14-8-3-9-15-22;1-9(2)10(3,4)16-13(15-9)14-17-11(5,6)12(7,8)18-14;1-8(2)3-11(14)5-9-4-10(12)7-13-6-9;;;;/h3-19,21-26H,20H2,1-2H3,(H,39,43);5-23H,1-4H3;1-19H;1-8H3;4,6-8H,3,5H2,1-2H3;4*1H4. The van der Waals surface area contributed by atoms with E-state index >= 15 is 0 Å². The topological polar surface area (TPSA) is 232 Å². The third-order valence-corrected chi connectivity index (χ3v) is 29.1. The van der Waals surface area contributed by atoms with Crippen molar-refractivity contribution >= 4 is 127 Å². The highest BCUT2D eigenvalue weighted by Gasteiger charge is 2.64. The summed E-state index contributed by atoms with van der Waals surface area (Å²) in [7, 11) is -1.49. The Morgan fingerprint density at radius 3 is 0.946 bits per heavy atom. The molecule has 12 aromatic carbocycles. The number of carbonyl (C=O) groups excluding carboxylic acids is 5. The van der Waals surface area contributed by atoms with Gasteiger partial charge in [0.2, 0.25) is 5.91 Å². The molecule has 1 N–H and O–H groups in total. The molecule has 0 radical (unpaired) electrons. The molecule has 0 atom stereocenters. The molecule has 0 unspecified atom stereocenters. The van der Waals surface area contributed by atoms with Crippen LogP contribution in [0.1, 0.15) is 240 Å². The number of rotatable bonds is 25. The lowest BCUT2D eigenvalue weighted by molar-refractivity contribution is -0.119. The van der Waals surface area contributed by atoms with Crippen LogP contribution in [0.2, 0.25) is 0 Å². The molecule has 20 rings (SSSR count). The number of ketones is 1. The molecule has 17 aromatic rings. The minimum absolute atomic E-state index is 0. The lowest BCUT2D eigenvalue weighted by atomic mass is 9.49. The van der Waals surface area contributed by atoms with Gasteiger partial charge in [-0.1, -0.05) is 365 Å². The molecule has 3 aliphatic rings. The summed E-state index contributed by atoms with van der Waals surface area (Å²) in [5.74, 6) is 0.919. The van der Waals surface area contributed by atoms with E-state index in [9.17, 15) is 24.0 Å². The van der Waals surface area contributed by atoms with E-state index in [1.807, 2.05) is 341 Å². The van der Waals surface area contributed by atoms with Gasteiger partial charge in [0.1, 0.15) is 39.5 Å². The van der Waals surface area contributed by atoms with Gasteiger partial charge in [0.25, 0.3) is 0 Å². The molecule has 25 heteroatoms. The molecular formula is C124H136B3Br2N9O11. The Balaban J connectivity index is 0.000000172. The molecule has 0 saturated carbocycles. The van der Waals surface area contributed by atoms with Crippen molar-refractivity contribution in [1.29, 1.82) is 0 Å². The second-order valence-electron chi connectivity index (χ2n) is 40.6. The lowest BCUT2D eigenvalue weighted by Gasteiger charge is -2.37. The molecule has 0 bridgehead atoms. The van der Waals surface area contributed by atoms with Crippen molar-refractivity contribution in [3.8, 4) is 11.1 Å².